The molecule has 1 aliphatic rings. The quantitative estimate of drug-likeness (QED) is 0.516. The monoisotopic (exact) mass is 372 g/mol. The van der Waals surface area contributed by atoms with Crippen molar-refractivity contribution in [3.05, 3.63) is 75.8 Å². The number of anilines is 1. The Morgan fingerprint density at radius 2 is 1.96 bits per heavy atom. The van der Waals surface area contributed by atoms with Crippen molar-refractivity contribution in [2.45, 2.75) is 26.3 Å². The van der Waals surface area contributed by atoms with Gasteiger partial charge in [-0.15, -0.1) is 0 Å². The number of amides is 1. The van der Waals surface area contributed by atoms with Crippen LogP contribution in [0.25, 0.3) is 16.7 Å². The number of nitrogens with zero attached hydrogens (tertiary/aromatic N) is 4. The van der Waals surface area contributed by atoms with E-state index in [1.54, 1.807) is 28.3 Å². The summed E-state index contributed by atoms with van der Waals surface area (Å²) in [5.74, 6) is -0.109. The summed E-state index contributed by atoms with van der Waals surface area (Å²) in [6.07, 6.45) is 2.60. The van der Waals surface area contributed by atoms with E-state index in [9.17, 15) is 9.59 Å². The van der Waals surface area contributed by atoms with Gasteiger partial charge in [-0.2, -0.15) is 0 Å². The largest absolute Gasteiger partial charge is 0.324 e. The second kappa shape index (κ2) is 5.79. The van der Waals surface area contributed by atoms with Gasteiger partial charge in [-0.25, -0.2) is 4.98 Å². The van der Waals surface area contributed by atoms with E-state index in [1.807, 2.05) is 49.1 Å². The number of hydrogen-bond donors (Lipinski definition) is 0. The van der Waals surface area contributed by atoms with Gasteiger partial charge in [0, 0.05) is 25.0 Å². The van der Waals surface area contributed by atoms with Crippen molar-refractivity contribution in [2.24, 2.45) is 7.05 Å². The number of carbonyl (C=O) groups excluding carboxylic acids is 1. The fourth-order valence-corrected chi connectivity index (χ4v) is 4.18. The smallest absolute Gasteiger partial charge is 0.275 e. The van der Waals surface area contributed by atoms with E-state index in [4.69, 9.17) is 0 Å². The summed E-state index contributed by atoms with van der Waals surface area (Å²) in [6, 6.07) is 13.5. The second-order valence-corrected chi connectivity index (χ2v) is 7.53. The Morgan fingerprint density at radius 3 is 2.79 bits per heavy atom. The van der Waals surface area contributed by atoms with Gasteiger partial charge >= 0.3 is 0 Å². The zero-order valence-electron chi connectivity index (χ0n) is 16.0. The fourth-order valence-electron chi connectivity index (χ4n) is 4.18. The molecule has 4 heterocycles. The van der Waals surface area contributed by atoms with Gasteiger partial charge in [0.05, 0.1) is 5.39 Å². The van der Waals surface area contributed by atoms with Gasteiger partial charge in [0.2, 0.25) is 0 Å². The van der Waals surface area contributed by atoms with Crippen LogP contribution in [0.15, 0.2) is 53.5 Å². The first kappa shape index (κ1) is 16.7. The zero-order valence-corrected chi connectivity index (χ0v) is 16.0. The highest BCUT2D eigenvalue weighted by atomic mass is 16.2. The molecule has 1 aliphatic heterocycles. The third-order valence-corrected chi connectivity index (χ3v) is 5.59. The minimum Gasteiger partial charge on any atom is -0.324 e. The predicted molar refractivity (Wildman–Crippen MR) is 109 cm³/mol. The number of pyridine rings is 1. The van der Waals surface area contributed by atoms with E-state index in [0.717, 1.165) is 17.7 Å². The third-order valence-electron chi connectivity index (χ3n) is 5.59. The number of fused-ring (bicyclic) bond motifs is 3. The van der Waals surface area contributed by atoms with Gasteiger partial charge in [-0.05, 0) is 49.6 Å². The first-order valence-electron chi connectivity index (χ1n) is 9.35. The minimum absolute atomic E-state index is 0.0682. The molecule has 0 spiro atoms. The average Bonchev–Trinajstić information content (AvgIpc) is 3.19. The Labute approximate surface area is 161 Å². The SMILES string of the molecule is Cc1ccc2nc3c(cc(C(=O)N4c5ccccc5C[C@@H]4C)n3C)c(=O)n2c1. The van der Waals surface area contributed by atoms with E-state index in [1.165, 1.54) is 5.56 Å². The molecule has 4 aromatic rings. The molecule has 6 heteroatoms. The first-order valence-corrected chi connectivity index (χ1v) is 9.35. The van der Waals surface area contributed by atoms with Crippen molar-refractivity contribution in [1.82, 2.24) is 14.0 Å². The van der Waals surface area contributed by atoms with Crippen LogP contribution in [-0.2, 0) is 13.5 Å². The molecule has 140 valence electrons. The lowest BCUT2D eigenvalue weighted by Crippen LogP contribution is -2.36. The zero-order chi connectivity index (χ0) is 19.6. The van der Waals surface area contributed by atoms with Crippen LogP contribution in [0.5, 0.6) is 0 Å². The normalized spacial score (nSPS) is 16.1. The Hall–Kier alpha value is -3.41. The van der Waals surface area contributed by atoms with Gasteiger partial charge in [-0.1, -0.05) is 24.3 Å². The highest BCUT2D eigenvalue weighted by molar-refractivity contribution is 6.09. The summed E-state index contributed by atoms with van der Waals surface area (Å²) in [7, 11) is 1.79. The van der Waals surface area contributed by atoms with Crippen molar-refractivity contribution in [2.75, 3.05) is 4.90 Å². The summed E-state index contributed by atoms with van der Waals surface area (Å²) in [6.45, 7) is 3.98. The molecule has 5 rings (SSSR count). The fraction of sp³-hybridized carbons (Fsp3) is 0.227. The molecule has 1 amide bonds. The molecule has 0 saturated carbocycles. The lowest BCUT2D eigenvalue weighted by atomic mass is 10.1. The molecule has 0 aliphatic carbocycles. The summed E-state index contributed by atoms with van der Waals surface area (Å²) < 4.78 is 3.27. The molecule has 6 nitrogen and oxygen atoms in total. The maximum atomic E-state index is 13.4. The molecule has 0 saturated heterocycles. The summed E-state index contributed by atoms with van der Waals surface area (Å²) in [5, 5.41) is 0.453. The standard InChI is InChI=1S/C22H20N4O2/c1-13-8-9-19-23-20-16(21(27)25(19)12-13)11-18(24(20)3)22(28)26-14(2)10-15-6-4-5-7-17(15)26/h4-9,11-12,14H,10H2,1-3H3/t14-/m0/s1. The third kappa shape index (κ3) is 2.24. The van der Waals surface area contributed by atoms with Crippen LogP contribution >= 0.6 is 0 Å². The average molecular weight is 372 g/mol. The molecule has 0 bridgehead atoms. The molecule has 3 aromatic heterocycles. The lowest BCUT2D eigenvalue weighted by Gasteiger charge is -2.22. The van der Waals surface area contributed by atoms with E-state index in [-0.39, 0.29) is 17.5 Å². The molecule has 0 N–H and O–H groups in total. The summed E-state index contributed by atoms with van der Waals surface area (Å²) in [5.41, 5.74) is 4.49. The van der Waals surface area contributed by atoms with Crippen LogP contribution in [0.1, 0.15) is 28.5 Å². The number of carbonyl (C=O) groups is 1. The van der Waals surface area contributed by atoms with E-state index in [2.05, 4.69) is 11.1 Å². The number of rotatable bonds is 1. The highest BCUT2D eigenvalue weighted by Crippen LogP contribution is 2.33. The molecule has 0 radical (unpaired) electrons. The molecular formula is C22H20N4O2. The van der Waals surface area contributed by atoms with Crippen LogP contribution in [0.2, 0.25) is 0 Å². The number of hydrogen-bond acceptors (Lipinski definition) is 3. The van der Waals surface area contributed by atoms with Gasteiger partial charge in [0.1, 0.15) is 17.0 Å². The van der Waals surface area contributed by atoms with Crippen molar-refractivity contribution in [3.63, 3.8) is 0 Å². The van der Waals surface area contributed by atoms with Crippen LogP contribution in [0, 0.1) is 6.92 Å². The van der Waals surface area contributed by atoms with Crippen LogP contribution < -0.4 is 10.5 Å². The number of aromatic nitrogens is 3. The maximum absolute atomic E-state index is 13.4. The summed E-state index contributed by atoms with van der Waals surface area (Å²) >= 11 is 0. The van der Waals surface area contributed by atoms with Crippen molar-refractivity contribution in [3.8, 4) is 0 Å². The van der Waals surface area contributed by atoms with E-state index >= 15 is 0 Å². The van der Waals surface area contributed by atoms with Crippen LogP contribution in [0.3, 0.4) is 0 Å². The molecule has 1 atom stereocenters. The van der Waals surface area contributed by atoms with Crippen molar-refractivity contribution >= 4 is 28.3 Å². The lowest BCUT2D eigenvalue weighted by molar-refractivity contribution is 0.0974. The number of para-hydroxylation sites is 1. The molecule has 0 fully saturated rings. The molecular weight excluding hydrogens is 352 g/mol. The highest BCUT2D eigenvalue weighted by Gasteiger charge is 2.33. The Kier molecular flexibility index (Phi) is 3.46. The number of aryl methyl sites for hydroxylation is 2. The maximum Gasteiger partial charge on any atom is 0.275 e. The van der Waals surface area contributed by atoms with Gasteiger partial charge in [0.25, 0.3) is 11.5 Å². The van der Waals surface area contributed by atoms with Crippen molar-refractivity contribution in [1.29, 1.82) is 0 Å². The van der Waals surface area contributed by atoms with Gasteiger partial charge in [0.15, 0.2) is 0 Å². The molecule has 0 unspecified atom stereocenters. The number of benzene rings is 1. The second-order valence-electron chi connectivity index (χ2n) is 7.53. The first-order chi connectivity index (χ1) is 13.5. The Balaban J connectivity index is 1.71. The Bertz CT molecular complexity index is 1330. The van der Waals surface area contributed by atoms with Crippen LogP contribution in [-0.4, -0.2) is 25.9 Å². The van der Waals surface area contributed by atoms with Crippen LogP contribution in [0.4, 0.5) is 5.69 Å². The van der Waals surface area contributed by atoms with E-state index in [0.29, 0.717) is 22.4 Å². The molecule has 1 aromatic carbocycles. The predicted octanol–water partition coefficient (Wildman–Crippen LogP) is 3.09. The minimum atomic E-state index is -0.159. The topological polar surface area (TPSA) is 59.6 Å². The van der Waals surface area contributed by atoms with E-state index < -0.39 is 0 Å². The van der Waals surface area contributed by atoms with Crippen molar-refractivity contribution < 1.29 is 4.79 Å². The van der Waals surface area contributed by atoms with Gasteiger partial charge in [-0.3, -0.25) is 14.0 Å². The Morgan fingerprint density at radius 1 is 1.18 bits per heavy atom. The van der Waals surface area contributed by atoms with Gasteiger partial charge < -0.3 is 9.47 Å². The summed E-state index contributed by atoms with van der Waals surface area (Å²) in [4.78, 5) is 32.9. The molecule has 28 heavy (non-hydrogen) atoms.